The summed E-state index contributed by atoms with van der Waals surface area (Å²) in [5.74, 6) is -1.57. The summed E-state index contributed by atoms with van der Waals surface area (Å²) in [6.07, 6.45) is -4.19. The van der Waals surface area contributed by atoms with Crippen molar-refractivity contribution in [2.45, 2.75) is 43.8 Å². The summed E-state index contributed by atoms with van der Waals surface area (Å²) >= 11 is 0. The van der Waals surface area contributed by atoms with Crippen LogP contribution in [0.1, 0.15) is 48.9 Å². The molecule has 1 saturated heterocycles. The SMILES string of the molecule is CCN(CC)S(=O)(=O)c1ccc(C(=O)N2CCC(n3nc(C(F)(F)F)n(C)c3=O)CC2)cc1. The number of sulfonamides is 1. The molecule has 9 nitrogen and oxygen atoms in total. The average Bonchev–Trinajstić information content (AvgIpc) is 3.09. The molecular weight excluding hydrogens is 463 g/mol. The zero-order valence-corrected chi connectivity index (χ0v) is 19.4. The van der Waals surface area contributed by atoms with Gasteiger partial charge in [0.25, 0.3) is 5.91 Å². The average molecular weight is 490 g/mol. The zero-order chi connectivity index (χ0) is 24.6. The van der Waals surface area contributed by atoms with Crippen molar-refractivity contribution in [3.05, 3.63) is 46.1 Å². The molecule has 0 unspecified atom stereocenters. The molecule has 0 N–H and O–H groups in total. The van der Waals surface area contributed by atoms with Gasteiger partial charge < -0.3 is 4.90 Å². The van der Waals surface area contributed by atoms with Crippen molar-refractivity contribution in [2.75, 3.05) is 26.2 Å². The lowest BCUT2D eigenvalue weighted by Crippen LogP contribution is -2.41. The number of hydrogen-bond acceptors (Lipinski definition) is 5. The molecule has 0 atom stereocenters. The monoisotopic (exact) mass is 489 g/mol. The van der Waals surface area contributed by atoms with Crippen molar-refractivity contribution in [3.63, 3.8) is 0 Å². The van der Waals surface area contributed by atoms with E-state index in [0.717, 1.165) is 11.7 Å². The van der Waals surface area contributed by atoms with Crippen molar-refractivity contribution >= 4 is 15.9 Å². The van der Waals surface area contributed by atoms with Gasteiger partial charge in [-0.3, -0.25) is 9.36 Å². The minimum absolute atomic E-state index is 0.0939. The number of nitrogens with zero attached hydrogens (tertiary/aromatic N) is 5. The van der Waals surface area contributed by atoms with E-state index in [4.69, 9.17) is 0 Å². The van der Waals surface area contributed by atoms with Crippen LogP contribution in [-0.4, -0.2) is 64.1 Å². The largest absolute Gasteiger partial charge is 0.451 e. The number of amides is 1. The Balaban J connectivity index is 1.70. The van der Waals surface area contributed by atoms with E-state index in [-0.39, 0.29) is 36.7 Å². The van der Waals surface area contributed by atoms with E-state index >= 15 is 0 Å². The highest BCUT2D eigenvalue weighted by Gasteiger charge is 2.39. The maximum atomic E-state index is 13.0. The van der Waals surface area contributed by atoms with Crippen molar-refractivity contribution < 1.29 is 26.4 Å². The predicted molar refractivity (Wildman–Crippen MR) is 113 cm³/mol. The van der Waals surface area contributed by atoms with E-state index in [2.05, 4.69) is 5.10 Å². The van der Waals surface area contributed by atoms with Crippen molar-refractivity contribution in [3.8, 4) is 0 Å². The summed E-state index contributed by atoms with van der Waals surface area (Å²) in [6, 6.07) is 5.12. The van der Waals surface area contributed by atoms with Gasteiger partial charge >= 0.3 is 11.9 Å². The topological polar surface area (TPSA) is 97.5 Å². The van der Waals surface area contributed by atoms with Gasteiger partial charge in [0.2, 0.25) is 15.8 Å². The number of likely N-dealkylation sites (tertiary alicyclic amines) is 1. The molecule has 0 aliphatic carbocycles. The minimum Gasteiger partial charge on any atom is -0.338 e. The van der Waals surface area contributed by atoms with E-state index in [1.165, 1.54) is 33.5 Å². The first kappa shape index (κ1) is 25.0. The maximum absolute atomic E-state index is 13.0. The fourth-order valence-electron chi connectivity index (χ4n) is 3.92. The third-order valence-electron chi connectivity index (χ3n) is 5.80. The van der Waals surface area contributed by atoms with Crippen LogP contribution in [0.2, 0.25) is 0 Å². The summed E-state index contributed by atoms with van der Waals surface area (Å²) in [5.41, 5.74) is -0.543. The minimum atomic E-state index is -4.74. The summed E-state index contributed by atoms with van der Waals surface area (Å²) in [4.78, 5) is 26.7. The molecule has 1 fully saturated rings. The maximum Gasteiger partial charge on any atom is 0.451 e. The molecule has 0 radical (unpaired) electrons. The second kappa shape index (κ2) is 9.29. The number of carbonyl (C=O) groups excluding carboxylic acids is 1. The summed E-state index contributed by atoms with van der Waals surface area (Å²) in [5, 5.41) is 3.47. The van der Waals surface area contributed by atoms with Gasteiger partial charge in [0, 0.05) is 38.8 Å². The summed E-state index contributed by atoms with van der Waals surface area (Å²) in [6.45, 7) is 4.61. The molecule has 0 bridgehead atoms. The molecule has 1 aliphatic rings. The van der Waals surface area contributed by atoms with Gasteiger partial charge in [0.1, 0.15) is 0 Å². The second-order valence-corrected chi connectivity index (χ2v) is 9.68. The van der Waals surface area contributed by atoms with Crippen LogP contribution in [0.25, 0.3) is 0 Å². The molecule has 13 heteroatoms. The highest BCUT2D eigenvalue weighted by atomic mass is 32.2. The predicted octanol–water partition coefficient (Wildman–Crippen LogP) is 2.11. The highest BCUT2D eigenvalue weighted by molar-refractivity contribution is 7.89. The van der Waals surface area contributed by atoms with Gasteiger partial charge in [-0.2, -0.15) is 17.5 Å². The number of benzene rings is 1. The molecule has 182 valence electrons. The van der Waals surface area contributed by atoms with Crippen LogP contribution in [0.15, 0.2) is 34.0 Å². The number of aromatic nitrogens is 3. The number of hydrogen-bond donors (Lipinski definition) is 0. The van der Waals surface area contributed by atoms with Gasteiger partial charge in [0.05, 0.1) is 10.9 Å². The Bertz CT molecular complexity index is 1160. The van der Waals surface area contributed by atoms with Gasteiger partial charge in [-0.1, -0.05) is 13.8 Å². The first-order chi connectivity index (χ1) is 15.4. The van der Waals surface area contributed by atoms with Crippen LogP contribution in [0.5, 0.6) is 0 Å². The van der Waals surface area contributed by atoms with Crippen molar-refractivity contribution in [2.24, 2.45) is 7.05 Å². The molecular formula is C20H26F3N5O4S. The van der Waals surface area contributed by atoms with Gasteiger partial charge in [-0.05, 0) is 37.1 Å². The van der Waals surface area contributed by atoms with Crippen LogP contribution in [0.4, 0.5) is 13.2 Å². The van der Waals surface area contributed by atoms with E-state index in [1.54, 1.807) is 13.8 Å². The molecule has 33 heavy (non-hydrogen) atoms. The number of carbonyl (C=O) groups is 1. The van der Waals surface area contributed by atoms with Crippen molar-refractivity contribution in [1.29, 1.82) is 0 Å². The van der Waals surface area contributed by atoms with Crippen LogP contribution in [-0.2, 0) is 23.2 Å². The summed E-state index contributed by atoms with van der Waals surface area (Å²) in [7, 11) is -2.61. The van der Waals surface area contributed by atoms with Crippen LogP contribution in [0.3, 0.4) is 0 Å². The van der Waals surface area contributed by atoms with Crippen LogP contribution in [0, 0.1) is 0 Å². The molecule has 0 spiro atoms. The van der Waals surface area contributed by atoms with Gasteiger partial charge in [-0.25, -0.2) is 17.9 Å². The lowest BCUT2D eigenvalue weighted by molar-refractivity contribution is -0.147. The first-order valence-electron chi connectivity index (χ1n) is 10.5. The Hall–Kier alpha value is -2.67. The molecule has 2 aromatic rings. The molecule has 3 rings (SSSR count). The van der Waals surface area contributed by atoms with Crippen LogP contribution < -0.4 is 5.69 Å². The molecule has 2 heterocycles. The quantitative estimate of drug-likeness (QED) is 0.619. The molecule has 1 aromatic carbocycles. The van der Waals surface area contributed by atoms with E-state index < -0.39 is 33.8 Å². The summed E-state index contributed by atoms with van der Waals surface area (Å²) < 4.78 is 66.9. The normalized spacial score (nSPS) is 15.9. The van der Waals surface area contributed by atoms with E-state index in [0.29, 0.717) is 23.2 Å². The van der Waals surface area contributed by atoms with Crippen molar-refractivity contribution in [1.82, 2.24) is 23.6 Å². The lowest BCUT2D eigenvalue weighted by atomic mass is 10.0. The Morgan fingerprint density at radius 1 is 1.12 bits per heavy atom. The van der Waals surface area contributed by atoms with Crippen LogP contribution >= 0.6 is 0 Å². The Labute approximate surface area is 189 Å². The molecule has 0 saturated carbocycles. The molecule has 1 aromatic heterocycles. The lowest BCUT2D eigenvalue weighted by Gasteiger charge is -2.31. The fourth-order valence-corrected chi connectivity index (χ4v) is 5.38. The molecule has 1 amide bonds. The smallest absolute Gasteiger partial charge is 0.338 e. The Morgan fingerprint density at radius 2 is 1.67 bits per heavy atom. The number of piperidine rings is 1. The Kier molecular flexibility index (Phi) is 7.03. The number of rotatable bonds is 6. The standard InChI is InChI=1S/C20H26F3N5O4S/c1-4-27(5-2)33(31,32)16-8-6-14(7-9-16)17(29)26-12-10-15(11-13-26)28-19(30)25(3)18(24-28)20(21,22)23/h6-9,15H,4-5,10-13H2,1-3H3. The number of alkyl halides is 3. The number of halogens is 3. The Morgan fingerprint density at radius 3 is 2.12 bits per heavy atom. The van der Waals surface area contributed by atoms with E-state index in [1.807, 2.05) is 0 Å². The zero-order valence-electron chi connectivity index (χ0n) is 18.5. The second-order valence-electron chi connectivity index (χ2n) is 7.74. The fraction of sp³-hybridized carbons (Fsp3) is 0.550. The highest BCUT2D eigenvalue weighted by Crippen LogP contribution is 2.28. The van der Waals surface area contributed by atoms with Gasteiger partial charge in [-0.15, -0.1) is 5.10 Å². The first-order valence-corrected chi connectivity index (χ1v) is 12.0. The molecule has 1 aliphatic heterocycles. The third-order valence-corrected chi connectivity index (χ3v) is 7.86. The van der Waals surface area contributed by atoms with Gasteiger partial charge in [0.15, 0.2) is 0 Å². The third kappa shape index (κ3) is 4.83. The van der Waals surface area contributed by atoms with E-state index in [9.17, 15) is 31.2 Å².